The fraction of sp³-hybridized carbons (Fsp3) is 0.750. The molecule has 10 heteroatoms. The van der Waals surface area contributed by atoms with Crippen molar-refractivity contribution in [1.29, 1.82) is 0 Å². The van der Waals surface area contributed by atoms with E-state index in [1.165, 1.54) is 0 Å². The van der Waals surface area contributed by atoms with E-state index in [9.17, 15) is 19.2 Å². The number of hydrogen-bond donors (Lipinski definition) is 3. The first-order chi connectivity index (χ1) is 11.9. The van der Waals surface area contributed by atoms with Gasteiger partial charge in [0.05, 0.1) is 6.61 Å². The van der Waals surface area contributed by atoms with E-state index in [1.54, 1.807) is 13.8 Å². The quantitative estimate of drug-likeness (QED) is 0.413. The van der Waals surface area contributed by atoms with Gasteiger partial charge in [-0.15, -0.1) is 0 Å². The summed E-state index contributed by atoms with van der Waals surface area (Å²) in [6.07, 6.45) is -0.621. The zero-order valence-electron chi connectivity index (χ0n) is 15.4. The number of carbonyl (C=O) groups excluding carboxylic acids is 3. The molecular weight excluding hydrogens is 364 g/mol. The monoisotopic (exact) mass is 390 g/mol. The number of carboxylic acid groups (broad SMARTS) is 1. The number of thioether (sulfide) groups is 1. The van der Waals surface area contributed by atoms with Gasteiger partial charge in [-0.25, -0.2) is 4.79 Å². The van der Waals surface area contributed by atoms with Gasteiger partial charge < -0.3 is 25.2 Å². The summed E-state index contributed by atoms with van der Waals surface area (Å²) in [6, 6.07) is 0. The van der Waals surface area contributed by atoms with Gasteiger partial charge in [0.2, 0.25) is 11.8 Å². The first-order valence-corrected chi connectivity index (χ1v) is 9.19. The highest BCUT2D eigenvalue weighted by molar-refractivity contribution is 8.15. The van der Waals surface area contributed by atoms with Crippen molar-refractivity contribution in [2.45, 2.75) is 46.0 Å². The molecule has 3 N–H and O–H groups in total. The Kier molecular flexibility index (Phi) is 8.04. The Balaban J connectivity index is 2.29. The number of aliphatic carboxylic acids is 1. The van der Waals surface area contributed by atoms with Gasteiger partial charge in [0, 0.05) is 30.7 Å². The third kappa shape index (κ3) is 7.30. The molecule has 0 saturated carbocycles. The zero-order valence-corrected chi connectivity index (χ0v) is 16.2. The number of carbonyl (C=O) groups is 4. The van der Waals surface area contributed by atoms with Crippen LogP contribution < -0.4 is 10.6 Å². The minimum atomic E-state index is -1.51. The molecule has 0 aliphatic carbocycles. The molecule has 9 nitrogen and oxygen atoms in total. The lowest BCUT2D eigenvalue weighted by atomic mass is 9.85. The van der Waals surface area contributed by atoms with Crippen molar-refractivity contribution in [2.24, 2.45) is 5.41 Å². The lowest BCUT2D eigenvalue weighted by molar-refractivity contribution is -0.304. The summed E-state index contributed by atoms with van der Waals surface area (Å²) < 4.78 is 11.3. The van der Waals surface area contributed by atoms with Crippen molar-refractivity contribution >= 4 is 34.7 Å². The van der Waals surface area contributed by atoms with E-state index < -0.39 is 28.4 Å². The van der Waals surface area contributed by atoms with Crippen LogP contribution in [0.15, 0.2) is 0 Å². The minimum Gasteiger partial charge on any atom is -0.475 e. The van der Waals surface area contributed by atoms with Crippen LogP contribution in [0, 0.1) is 5.41 Å². The average molecular weight is 390 g/mol. The van der Waals surface area contributed by atoms with Crippen molar-refractivity contribution in [3.63, 3.8) is 0 Å². The van der Waals surface area contributed by atoms with Gasteiger partial charge in [0.25, 0.3) is 5.12 Å². The van der Waals surface area contributed by atoms with Crippen molar-refractivity contribution in [1.82, 2.24) is 10.6 Å². The number of ether oxygens (including phenoxy) is 2. The van der Waals surface area contributed by atoms with Crippen LogP contribution in [0.2, 0.25) is 0 Å². The maximum Gasteiger partial charge on any atom is 0.383 e. The lowest BCUT2D eigenvalue weighted by Gasteiger charge is -2.44. The Bertz CT molecular complexity index is 563. The molecular formula is C16H26N2O7S. The van der Waals surface area contributed by atoms with E-state index in [1.807, 2.05) is 13.8 Å². The molecule has 0 spiro atoms. The maximum atomic E-state index is 12.4. The highest BCUT2D eigenvalue weighted by Gasteiger charge is 2.45. The maximum absolute atomic E-state index is 12.4. The molecule has 0 aromatic carbocycles. The normalized spacial score (nSPS) is 20.8. The van der Waals surface area contributed by atoms with Gasteiger partial charge in [0.1, 0.15) is 6.10 Å². The number of nitrogens with one attached hydrogen (secondary N) is 2. The summed E-state index contributed by atoms with van der Waals surface area (Å²) in [5.41, 5.74) is -0.490. The topological polar surface area (TPSA) is 131 Å². The Morgan fingerprint density at radius 2 is 1.77 bits per heavy atom. The second-order valence-electron chi connectivity index (χ2n) is 7.01. The van der Waals surface area contributed by atoms with Crippen LogP contribution in [0.4, 0.5) is 0 Å². The van der Waals surface area contributed by atoms with Crippen LogP contribution in [-0.4, -0.2) is 65.3 Å². The lowest BCUT2D eigenvalue weighted by Crippen LogP contribution is -2.56. The molecule has 1 heterocycles. The summed E-state index contributed by atoms with van der Waals surface area (Å²) in [6.45, 7) is 7.91. The van der Waals surface area contributed by atoms with Crippen LogP contribution in [0.1, 0.15) is 34.1 Å². The largest absolute Gasteiger partial charge is 0.475 e. The molecule has 0 bridgehead atoms. The number of amides is 2. The summed E-state index contributed by atoms with van der Waals surface area (Å²) in [7, 11) is 0. The predicted octanol–water partition coefficient (Wildman–Crippen LogP) is 0.131. The van der Waals surface area contributed by atoms with E-state index in [2.05, 4.69) is 10.6 Å². The fourth-order valence-corrected chi connectivity index (χ4v) is 2.71. The third-order valence-electron chi connectivity index (χ3n) is 3.62. The smallest absolute Gasteiger partial charge is 0.383 e. The molecule has 0 radical (unpaired) electrons. The van der Waals surface area contributed by atoms with E-state index in [0.717, 1.165) is 0 Å². The van der Waals surface area contributed by atoms with Crippen LogP contribution in [0.3, 0.4) is 0 Å². The SMILES string of the molecule is CC1(C)OCC(C)(C)[C@H](C(=O)NCCC(=O)NCCSC(=O)C(=O)O)O1. The van der Waals surface area contributed by atoms with E-state index in [4.69, 9.17) is 14.6 Å². The molecule has 1 atom stereocenters. The summed E-state index contributed by atoms with van der Waals surface area (Å²) >= 11 is 0.622. The van der Waals surface area contributed by atoms with Crippen LogP contribution in [-0.2, 0) is 28.7 Å². The van der Waals surface area contributed by atoms with Crippen LogP contribution in [0.25, 0.3) is 0 Å². The molecule has 2 amide bonds. The predicted molar refractivity (Wildman–Crippen MR) is 94.4 cm³/mol. The highest BCUT2D eigenvalue weighted by atomic mass is 32.2. The Morgan fingerprint density at radius 1 is 1.12 bits per heavy atom. The first kappa shape index (κ1) is 22.4. The minimum absolute atomic E-state index is 0.0658. The van der Waals surface area contributed by atoms with Gasteiger partial charge in [-0.05, 0) is 13.8 Å². The fourth-order valence-electron chi connectivity index (χ4n) is 2.20. The Hall–Kier alpha value is -1.65. The molecule has 1 aliphatic rings. The molecule has 1 fully saturated rings. The molecule has 0 aromatic rings. The molecule has 1 aliphatic heterocycles. The van der Waals surface area contributed by atoms with Gasteiger partial charge in [-0.2, -0.15) is 0 Å². The van der Waals surface area contributed by atoms with Crippen molar-refractivity contribution < 1.29 is 33.8 Å². The molecule has 26 heavy (non-hydrogen) atoms. The molecule has 1 rings (SSSR count). The van der Waals surface area contributed by atoms with Gasteiger partial charge in [-0.3, -0.25) is 14.4 Å². The van der Waals surface area contributed by atoms with Gasteiger partial charge in [0.15, 0.2) is 5.79 Å². The summed E-state index contributed by atoms with van der Waals surface area (Å²) in [4.78, 5) is 45.2. The zero-order chi connectivity index (χ0) is 20.0. The Morgan fingerprint density at radius 3 is 2.38 bits per heavy atom. The van der Waals surface area contributed by atoms with Gasteiger partial charge >= 0.3 is 5.97 Å². The summed E-state index contributed by atoms with van der Waals surface area (Å²) in [5.74, 6) is -2.80. The number of rotatable bonds is 7. The van der Waals surface area contributed by atoms with Gasteiger partial charge in [-0.1, -0.05) is 25.6 Å². The summed E-state index contributed by atoms with van der Waals surface area (Å²) in [5, 5.41) is 12.7. The second-order valence-corrected chi connectivity index (χ2v) is 8.07. The first-order valence-electron chi connectivity index (χ1n) is 8.21. The molecule has 0 aromatic heterocycles. The number of carboxylic acids is 1. The average Bonchev–Trinajstić information content (AvgIpc) is 2.53. The molecule has 1 saturated heterocycles. The Labute approximate surface area is 156 Å². The van der Waals surface area contributed by atoms with E-state index in [-0.39, 0.29) is 37.1 Å². The van der Waals surface area contributed by atoms with Crippen LogP contribution in [0.5, 0.6) is 0 Å². The van der Waals surface area contributed by atoms with Crippen molar-refractivity contribution in [3.05, 3.63) is 0 Å². The van der Waals surface area contributed by atoms with E-state index in [0.29, 0.717) is 18.4 Å². The molecule has 148 valence electrons. The van der Waals surface area contributed by atoms with E-state index >= 15 is 0 Å². The highest BCUT2D eigenvalue weighted by Crippen LogP contribution is 2.34. The standard InChI is InChI=1S/C16H26N2O7S/c1-15(2)9-24-16(3,4)25-11(15)12(20)18-6-5-10(19)17-7-8-26-14(23)13(21)22/h11H,5-9H2,1-4H3,(H,17,19)(H,18,20)(H,21,22)/t11-/m0/s1. The van der Waals surface area contributed by atoms with Crippen molar-refractivity contribution in [2.75, 3.05) is 25.4 Å². The van der Waals surface area contributed by atoms with Crippen LogP contribution >= 0.6 is 11.8 Å². The third-order valence-corrected chi connectivity index (χ3v) is 4.47. The number of hydrogen-bond acceptors (Lipinski definition) is 7. The second kappa shape index (κ2) is 9.33. The molecule has 0 unspecified atom stereocenters. The van der Waals surface area contributed by atoms with Crippen molar-refractivity contribution in [3.8, 4) is 0 Å².